The van der Waals surface area contributed by atoms with E-state index in [0.29, 0.717) is 35.9 Å². The summed E-state index contributed by atoms with van der Waals surface area (Å²) in [5.74, 6) is 0.121. The van der Waals surface area contributed by atoms with E-state index in [1.54, 1.807) is 43.5 Å². The number of fused-ring (bicyclic) bond motifs is 1. The number of para-hydroxylation sites is 1. The monoisotopic (exact) mass is 656 g/mol. The van der Waals surface area contributed by atoms with Gasteiger partial charge in [0, 0.05) is 46.5 Å². The highest BCUT2D eigenvalue weighted by atomic mass is 16.6. The van der Waals surface area contributed by atoms with Gasteiger partial charge >= 0.3 is 12.0 Å². The van der Waals surface area contributed by atoms with Crippen LogP contribution in [0.25, 0.3) is 10.9 Å². The van der Waals surface area contributed by atoms with E-state index < -0.39 is 29.2 Å². The molecule has 0 aliphatic carbocycles. The van der Waals surface area contributed by atoms with Crippen molar-refractivity contribution in [2.45, 2.75) is 39.6 Å². The SMILES string of the molecule is CCOc1cc([C@@H]2NC(=O)NC(C)=C2C(=O)OC)ccc1OC[C@@H](O)N/N=C\c1c(C)n(Cc2ccc([N+](=O)[O-])cc2)c2ccccc12. The summed E-state index contributed by atoms with van der Waals surface area (Å²) in [7, 11) is 1.27. The molecule has 1 aliphatic rings. The molecule has 5 rings (SSSR count). The molecule has 48 heavy (non-hydrogen) atoms. The summed E-state index contributed by atoms with van der Waals surface area (Å²) in [4.78, 5) is 35.3. The molecule has 2 amide bonds. The third-order valence-electron chi connectivity index (χ3n) is 7.86. The van der Waals surface area contributed by atoms with Crippen molar-refractivity contribution in [1.29, 1.82) is 0 Å². The second-order valence-corrected chi connectivity index (χ2v) is 10.9. The minimum absolute atomic E-state index is 0.0364. The van der Waals surface area contributed by atoms with Crippen molar-refractivity contribution < 1.29 is 33.8 Å². The molecule has 0 fully saturated rings. The molecule has 0 saturated carbocycles. The minimum Gasteiger partial charge on any atom is -0.490 e. The Labute approximate surface area is 276 Å². The molecule has 0 bridgehead atoms. The van der Waals surface area contributed by atoms with Crippen molar-refractivity contribution in [2.75, 3.05) is 20.3 Å². The second kappa shape index (κ2) is 14.7. The van der Waals surface area contributed by atoms with Gasteiger partial charge in [0.1, 0.15) is 6.61 Å². The Kier molecular flexibility index (Phi) is 10.2. The van der Waals surface area contributed by atoms with E-state index in [1.807, 2.05) is 38.1 Å². The van der Waals surface area contributed by atoms with Crippen LogP contribution in [0, 0.1) is 17.0 Å². The fourth-order valence-corrected chi connectivity index (χ4v) is 5.54. The average Bonchev–Trinajstić information content (AvgIpc) is 3.33. The molecule has 3 aromatic carbocycles. The van der Waals surface area contributed by atoms with Crippen molar-refractivity contribution in [3.63, 3.8) is 0 Å². The van der Waals surface area contributed by atoms with E-state index in [0.717, 1.165) is 27.7 Å². The number of aliphatic hydroxyl groups is 1. The largest absolute Gasteiger partial charge is 0.490 e. The van der Waals surface area contributed by atoms with Crippen LogP contribution in [0.5, 0.6) is 11.5 Å². The number of carbonyl (C=O) groups is 2. The number of benzene rings is 3. The number of nitrogens with one attached hydrogen (secondary N) is 3. The maximum absolute atomic E-state index is 12.5. The number of hydrogen-bond donors (Lipinski definition) is 4. The van der Waals surface area contributed by atoms with Crippen LogP contribution in [0.1, 0.15) is 42.3 Å². The highest BCUT2D eigenvalue weighted by molar-refractivity contribution is 6.01. The lowest BCUT2D eigenvalue weighted by atomic mass is 9.95. The highest BCUT2D eigenvalue weighted by Gasteiger charge is 2.32. The van der Waals surface area contributed by atoms with Gasteiger partial charge in [-0.2, -0.15) is 5.10 Å². The number of aromatic nitrogens is 1. The van der Waals surface area contributed by atoms with E-state index in [4.69, 9.17) is 14.2 Å². The van der Waals surface area contributed by atoms with Crippen molar-refractivity contribution in [2.24, 2.45) is 5.10 Å². The smallest absolute Gasteiger partial charge is 0.337 e. The van der Waals surface area contributed by atoms with Crippen LogP contribution in [0.4, 0.5) is 10.5 Å². The average molecular weight is 657 g/mol. The van der Waals surface area contributed by atoms with Gasteiger partial charge in [-0.05, 0) is 50.1 Å². The standard InChI is InChI=1S/C34H36N6O8/c1-5-47-29-16-23(32-31(33(42)46-4)20(2)36-34(43)37-32)12-15-28(29)48-19-30(41)38-35-17-26-21(3)39(27-9-7-6-8-25(26)27)18-22-10-13-24(14-11-22)40(44)45/h6-17,30,32,38,41H,5,18-19H2,1-4H3,(H2,36,37,43)/b35-17-/t30-,32+/m1/s1. The number of nitro groups is 1. The zero-order valence-electron chi connectivity index (χ0n) is 26.9. The van der Waals surface area contributed by atoms with Gasteiger partial charge in [-0.15, -0.1) is 0 Å². The normalized spacial score (nSPS) is 15.2. The third kappa shape index (κ3) is 7.23. The number of carbonyl (C=O) groups excluding carboxylic acids is 2. The Morgan fingerprint density at radius 1 is 1.12 bits per heavy atom. The van der Waals surface area contributed by atoms with Crippen LogP contribution in [-0.4, -0.2) is 59.4 Å². The van der Waals surface area contributed by atoms with Gasteiger partial charge in [0.15, 0.2) is 17.7 Å². The van der Waals surface area contributed by atoms with Gasteiger partial charge in [0.05, 0.1) is 36.5 Å². The van der Waals surface area contributed by atoms with E-state index in [9.17, 15) is 24.8 Å². The summed E-state index contributed by atoms with van der Waals surface area (Å²) in [6.45, 7) is 6.05. The number of nitrogens with zero attached hydrogens (tertiary/aromatic N) is 3. The first-order valence-electron chi connectivity index (χ1n) is 15.1. The lowest BCUT2D eigenvalue weighted by Gasteiger charge is -2.28. The second-order valence-electron chi connectivity index (χ2n) is 10.9. The van der Waals surface area contributed by atoms with E-state index in [1.165, 1.54) is 19.2 Å². The molecule has 14 heteroatoms. The number of nitro benzene ring substituents is 1. The number of aliphatic hydroxyl groups excluding tert-OH is 1. The Balaban J connectivity index is 1.28. The number of hydrazone groups is 1. The summed E-state index contributed by atoms with van der Waals surface area (Å²) in [5.41, 5.74) is 7.61. The summed E-state index contributed by atoms with van der Waals surface area (Å²) < 4.78 is 18.7. The fourth-order valence-electron chi connectivity index (χ4n) is 5.54. The summed E-state index contributed by atoms with van der Waals surface area (Å²) in [6.07, 6.45) is 0.458. The first-order valence-corrected chi connectivity index (χ1v) is 15.1. The Bertz CT molecular complexity index is 1900. The molecule has 2 atom stereocenters. The predicted molar refractivity (Wildman–Crippen MR) is 178 cm³/mol. The van der Waals surface area contributed by atoms with Crippen LogP contribution in [0.15, 0.2) is 83.1 Å². The van der Waals surface area contributed by atoms with Gasteiger partial charge in [0.25, 0.3) is 5.69 Å². The molecule has 2 heterocycles. The van der Waals surface area contributed by atoms with Crippen LogP contribution >= 0.6 is 0 Å². The molecule has 14 nitrogen and oxygen atoms in total. The van der Waals surface area contributed by atoms with Crippen molar-refractivity contribution in [3.05, 3.63) is 110 Å². The van der Waals surface area contributed by atoms with Crippen molar-refractivity contribution in [1.82, 2.24) is 20.6 Å². The van der Waals surface area contributed by atoms with Crippen LogP contribution in [0.3, 0.4) is 0 Å². The minimum atomic E-state index is -1.18. The Morgan fingerprint density at radius 2 is 1.88 bits per heavy atom. The molecule has 1 aliphatic heterocycles. The van der Waals surface area contributed by atoms with Crippen LogP contribution < -0.4 is 25.5 Å². The molecule has 1 aromatic heterocycles. The predicted octanol–water partition coefficient (Wildman–Crippen LogP) is 4.43. The quantitative estimate of drug-likeness (QED) is 0.0533. The topological polar surface area (TPSA) is 179 Å². The molecule has 0 radical (unpaired) electrons. The molecule has 0 unspecified atom stereocenters. The van der Waals surface area contributed by atoms with Gasteiger partial charge in [-0.3, -0.25) is 15.5 Å². The fraction of sp³-hybridized carbons (Fsp3) is 0.265. The Hall–Kier alpha value is -5.89. The number of esters is 1. The van der Waals surface area contributed by atoms with Gasteiger partial charge in [-0.1, -0.05) is 36.4 Å². The number of rotatable bonds is 13. The summed E-state index contributed by atoms with van der Waals surface area (Å²) in [6, 6.07) is 18.1. The number of ether oxygens (including phenoxy) is 3. The number of urea groups is 1. The summed E-state index contributed by atoms with van der Waals surface area (Å²) >= 11 is 0. The number of hydrogen-bond acceptors (Lipinski definition) is 10. The number of amides is 2. The van der Waals surface area contributed by atoms with Gasteiger partial charge in [-0.25, -0.2) is 9.59 Å². The highest BCUT2D eigenvalue weighted by Crippen LogP contribution is 2.35. The first-order chi connectivity index (χ1) is 23.1. The first kappa shape index (κ1) is 33.5. The Morgan fingerprint density at radius 3 is 2.58 bits per heavy atom. The summed E-state index contributed by atoms with van der Waals surface area (Å²) in [5, 5.41) is 32.3. The zero-order chi connectivity index (χ0) is 34.4. The van der Waals surface area contributed by atoms with Crippen molar-refractivity contribution >= 4 is 34.8 Å². The van der Waals surface area contributed by atoms with E-state index in [-0.39, 0.29) is 17.9 Å². The number of allylic oxidation sites excluding steroid dienone is 1. The molecular weight excluding hydrogens is 620 g/mol. The molecule has 4 N–H and O–H groups in total. The van der Waals surface area contributed by atoms with Gasteiger partial charge < -0.3 is 34.5 Å². The van der Waals surface area contributed by atoms with Gasteiger partial charge in [0.2, 0.25) is 0 Å². The number of methoxy groups -OCH3 is 1. The van der Waals surface area contributed by atoms with Crippen molar-refractivity contribution in [3.8, 4) is 11.5 Å². The molecular formula is C34H36N6O8. The van der Waals surface area contributed by atoms with E-state index in [2.05, 4.69) is 25.7 Å². The van der Waals surface area contributed by atoms with Crippen LogP contribution in [-0.2, 0) is 16.1 Å². The van der Waals surface area contributed by atoms with Crippen LogP contribution in [0.2, 0.25) is 0 Å². The lowest BCUT2D eigenvalue weighted by molar-refractivity contribution is -0.384. The molecule has 250 valence electrons. The molecule has 0 spiro atoms. The molecule has 4 aromatic rings. The van der Waals surface area contributed by atoms with E-state index >= 15 is 0 Å². The third-order valence-corrected chi connectivity index (χ3v) is 7.86. The zero-order valence-corrected chi connectivity index (χ0v) is 26.9. The maximum atomic E-state index is 12.5. The number of non-ortho nitro benzene ring substituents is 1. The maximum Gasteiger partial charge on any atom is 0.337 e. The molecule has 0 saturated heterocycles. The lowest BCUT2D eigenvalue weighted by Crippen LogP contribution is -2.45.